The number of thioether (sulfide) groups is 1. The summed E-state index contributed by atoms with van der Waals surface area (Å²) in [6, 6.07) is 0. The van der Waals surface area contributed by atoms with Crippen LogP contribution < -0.4 is 0 Å². The molecule has 0 N–H and O–H groups in total. The quantitative estimate of drug-likeness (QED) is 0.298. The van der Waals surface area contributed by atoms with Crippen molar-refractivity contribution in [3.05, 3.63) is 12.4 Å². The molecular weight excluding hydrogens is 300 g/mol. The normalized spacial score (nSPS) is 14.2. The van der Waals surface area contributed by atoms with Crippen LogP contribution in [-0.2, 0) is 0 Å². The average Bonchev–Trinajstić information content (AvgIpc) is 3.02. The van der Waals surface area contributed by atoms with E-state index in [2.05, 4.69) is 47.8 Å². The fourth-order valence-corrected chi connectivity index (χ4v) is 3.92. The van der Waals surface area contributed by atoms with Crippen molar-refractivity contribution in [1.82, 2.24) is 9.80 Å². The lowest BCUT2D eigenvalue weighted by Gasteiger charge is -2.20. The molecule has 23 heavy (non-hydrogen) atoms. The first-order chi connectivity index (χ1) is 11.4. The van der Waals surface area contributed by atoms with Crippen molar-refractivity contribution >= 4 is 11.8 Å². The Hall–Kier alpha value is -0.310. The summed E-state index contributed by atoms with van der Waals surface area (Å²) in [4.78, 5) is 4.88. The minimum absolute atomic E-state index is 1.10. The Morgan fingerprint density at radius 1 is 0.696 bits per heavy atom. The maximum atomic E-state index is 2.44. The van der Waals surface area contributed by atoms with Crippen LogP contribution in [0.25, 0.3) is 0 Å². The highest BCUT2D eigenvalue weighted by atomic mass is 32.2. The first kappa shape index (κ1) is 20.7. The smallest absolute Gasteiger partial charge is 0.0901 e. The lowest BCUT2D eigenvalue weighted by Crippen LogP contribution is -2.25. The van der Waals surface area contributed by atoms with Crippen molar-refractivity contribution in [2.24, 2.45) is 0 Å². The minimum atomic E-state index is 1.10. The second-order valence-corrected chi connectivity index (χ2v) is 7.99. The molecule has 0 amide bonds. The standard InChI is InChI=1S/C20H40N2S/c1-3-5-7-8-9-10-11-12-13-14-18-23-20-22-17-16-21(19-22)15-6-4-2/h16-17H,3-15,18-20H2,1-2H3. The van der Waals surface area contributed by atoms with Crippen molar-refractivity contribution in [3.63, 3.8) is 0 Å². The first-order valence-electron chi connectivity index (χ1n) is 10.1. The molecule has 2 nitrogen and oxygen atoms in total. The van der Waals surface area contributed by atoms with E-state index in [4.69, 9.17) is 0 Å². The SMILES string of the molecule is CCCCCCCCCCCCSCN1C=CN(CCCC)C1. The fourth-order valence-electron chi connectivity index (χ4n) is 2.98. The van der Waals surface area contributed by atoms with Gasteiger partial charge < -0.3 is 9.80 Å². The van der Waals surface area contributed by atoms with Crippen LogP contribution in [0.2, 0.25) is 0 Å². The van der Waals surface area contributed by atoms with Crippen LogP contribution in [0.15, 0.2) is 12.4 Å². The molecule has 0 aliphatic carbocycles. The lowest BCUT2D eigenvalue weighted by molar-refractivity contribution is 0.287. The van der Waals surface area contributed by atoms with Crippen LogP contribution in [0.4, 0.5) is 0 Å². The van der Waals surface area contributed by atoms with Crippen LogP contribution in [0.5, 0.6) is 0 Å². The highest BCUT2D eigenvalue weighted by Crippen LogP contribution is 2.15. The molecule has 0 aromatic rings. The molecule has 1 aliphatic rings. The van der Waals surface area contributed by atoms with Crippen LogP contribution in [0, 0.1) is 0 Å². The summed E-state index contributed by atoms with van der Waals surface area (Å²) in [7, 11) is 0. The summed E-state index contributed by atoms with van der Waals surface area (Å²) >= 11 is 2.10. The van der Waals surface area contributed by atoms with E-state index in [0.717, 1.165) is 12.5 Å². The first-order valence-corrected chi connectivity index (χ1v) is 11.3. The molecule has 0 spiro atoms. The summed E-state index contributed by atoms with van der Waals surface area (Å²) in [6.45, 7) is 6.87. The average molecular weight is 341 g/mol. The molecule has 0 radical (unpaired) electrons. The largest absolute Gasteiger partial charge is 0.359 e. The zero-order chi connectivity index (χ0) is 16.6. The van der Waals surface area contributed by atoms with Gasteiger partial charge in [-0.25, -0.2) is 0 Å². The Balaban J connectivity index is 1.78. The lowest BCUT2D eigenvalue weighted by atomic mass is 10.1. The third-order valence-electron chi connectivity index (χ3n) is 4.55. The summed E-state index contributed by atoms with van der Waals surface area (Å²) in [5.41, 5.74) is 0. The van der Waals surface area contributed by atoms with E-state index in [9.17, 15) is 0 Å². The number of hydrogen-bond donors (Lipinski definition) is 0. The summed E-state index contributed by atoms with van der Waals surface area (Å²) in [5.74, 6) is 2.49. The molecule has 0 fully saturated rings. The monoisotopic (exact) mass is 340 g/mol. The molecule has 0 saturated carbocycles. The number of nitrogens with zero attached hydrogens (tertiary/aromatic N) is 2. The van der Waals surface area contributed by atoms with Crippen LogP contribution in [-0.4, -0.2) is 34.6 Å². The van der Waals surface area contributed by atoms with E-state index in [-0.39, 0.29) is 0 Å². The van der Waals surface area contributed by atoms with Crippen molar-refractivity contribution in [1.29, 1.82) is 0 Å². The van der Waals surface area contributed by atoms with Crippen molar-refractivity contribution in [3.8, 4) is 0 Å². The number of rotatable bonds is 16. The molecule has 0 saturated heterocycles. The van der Waals surface area contributed by atoms with Gasteiger partial charge in [-0.2, -0.15) is 0 Å². The molecule has 1 aliphatic heterocycles. The van der Waals surface area contributed by atoms with Gasteiger partial charge in [0.2, 0.25) is 0 Å². The predicted octanol–water partition coefficient (Wildman–Crippen LogP) is 6.44. The van der Waals surface area contributed by atoms with E-state index in [1.807, 2.05) is 0 Å². The highest BCUT2D eigenvalue weighted by molar-refractivity contribution is 7.99. The third-order valence-corrected chi connectivity index (χ3v) is 5.64. The zero-order valence-electron chi connectivity index (χ0n) is 15.8. The molecule has 1 heterocycles. The molecule has 0 aromatic heterocycles. The van der Waals surface area contributed by atoms with Gasteiger partial charge in [-0.3, -0.25) is 0 Å². The highest BCUT2D eigenvalue weighted by Gasteiger charge is 2.10. The summed E-state index contributed by atoms with van der Waals surface area (Å²) in [6.07, 6.45) is 21.5. The van der Waals surface area contributed by atoms with Gasteiger partial charge in [0.15, 0.2) is 0 Å². The number of hydrogen-bond acceptors (Lipinski definition) is 3. The van der Waals surface area contributed by atoms with Gasteiger partial charge >= 0.3 is 0 Å². The van der Waals surface area contributed by atoms with E-state index in [0.29, 0.717) is 0 Å². The van der Waals surface area contributed by atoms with E-state index >= 15 is 0 Å². The van der Waals surface area contributed by atoms with Gasteiger partial charge in [0, 0.05) is 18.9 Å². The van der Waals surface area contributed by atoms with E-state index < -0.39 is 0 Å². The summed E-state index contributed by atoms with van der Waals surface area (Å²) in [5, 5.41) is 0. The maximum Gasteiger partial charge on any atom is 0.0901 e. The molecule has 0 aromatic carbocycles. The number of unbranched alkanes of at least 4 members (excludes halogenated alkanes) is 10. The van der Waals surface area contributed by atoms with Crippen molar-refractivity contribution < 1.29 is 0 Å². The maximum absolute atomic E-state index is 2.44. The van der Waals surface area contributed by atoms with Crippen LogP contribution in [0.1, 0.15) is 90.9 Å². The van der Waals surface area contributed by atoms with Gasteiger partial charge in [-0.05, 0) is 18.6 Å². The molecule has 0 bridgehead atoms. The van der Waals surface area contributed by atoms with Gasteiger partial charge in [0.1, 0.15) is 0 Å². The molecule has 136 valence electrons. The Morgan fingerprint density at radius 2 is 1.26 bits per heavy atom. The molecule has 1 rings (SSSR count). The second-order valence-electron chi connectivity index (χ2n) is 6.91. The molecular formula is C20H40N2S. The van der Waals surface area contributed by atoms with Crippen molar-refractivity contribution in [2.75, 3.05) is 24.8 Å². The summed E-state index contributed by atoms with van der Waals surface area (Å²) < 4.78 is 0. The fraction of sp³-hybridized carbons (Fsp3) is 0.900. The van der Waals surface area contributed by atoms with Crippen LogP contribution >= 0.6 is 11.8 Å². The predicted molar refractivity (Wildman–Crippen MR) is 107 cm³/mol. The zero-order valence-corrected chi connectivity index (χ0v) is 16.6. The molecule has 0 unspecified atom stereocenters. The van der Waals surface area contributed by atoms with Crippen LogP contribution in [0.3, 0.4) is 0 Å². The third kappa shape index (κ3) is 11.8. The minimum Gasteiger partial charge on any atom is -0.359 e. The van der Waals surface area contributed by atoms with Gasteiger partial charge in [-0.15, -0.1) is 11.8 Å². The molecule has 0 atom stereocenters. The topological polar surface area (TPSA) is 6.48 Å². The Labute approximate surface area is 150 Å². The van der Waals surface area contributed by atoms with E-state index in [1.165, 1.54) is 89.3 Å². The van der Waals surface area contributed by atoms with Crippen molar-refractivity contribution in [2.45, 2.75) is 90.9 Å². The van der Waals surface area contributed by atoms with E-state index in [1.54, 1.807) is 0 Å². The van der Waals surface area contributed by atoms with Gasteiger partial charge in [0.05, 0.1) is 12.5 Å². The van der Waals surface area contributed by atoms with Gasteiger partial charge in [-0.1, -0.05) is 78.1 Å². The Bertz CT molecular complexity index is 281. The van der Waals surface area contributed by atoms with Gasteiger partial charge in [0.25, 0.3) is 0 Å². The Morgan fingerprint density at radius 3 is 1.91 bits per heavy atom. The molecule has 3 heteroatoms. The Kier molecular flexibility index (Phi) is 13.7. The second kappa shape index (κ2) is 15.2.